The Morgan fingerprint density at radius 1 is 1.07 bits per heavy atom. The molecule has 3 aliphatic heterocycles. The molecule has 0 amide bonds. The number of aliphatic hydroxyl groups excluding tert-OH is 1. The van der Waals surface area contributed by atoms with Crippen LogP contribution in [0.2, 0.25) is 0 Å². The highest BCUT2D eigenvalue weighted by molar-refractivity contribution is 6.00. The molecule has 3 fully saturated rings. The van der Waals surface area contributed by atoms with Gasteiger partial charge in [0.1, 0.15) is 29.5 Å². The zero-order chi connectivity index (χ0) is 30.6. The van der Waals surface area contributed by atoms with Crippen LogP contribution >= 0.6 is 0 Å². The molecular weight excluding hydrogens is 564 g/mol. The molecule has 10 heteroatoms. The standard InChI is InChI=1S/C34H39F2N5O3/c1-3-23-26(35)10-9-21-7-4-8-24(27(21)23)29-28(36)30-25(17-37-29)31(40-15-5-12-33(2,43)19-40)39-32(38-30)44-20-34-13-6-16-41(34)22(18-42)11-14-34/h4,7-10,17,22,42-43H,3,5-6,11-16,18-20H2,1-2H3/t22-,33+,34-/m0/s1. The van der Waals surface area contributed by atoms with Gasteiger partial charge in [-0.2, -0.15) is 9.97 Å². The first-order chi connectivity index (χ1) is 21.2. The van der Waals surface area contributed by atoms with Crippen molar-refractivity contribution in [2.75, 3.05) is 37.7 Å². The predicted molar refractivity (Wildman–Crippen MR) is 166 cm³/mol. The van der Waals surface area contributed by atoms with E-state index >= 15 is 4.39 Å². The minimum Gasteiger partial charge on any atom is -0.461 e. The summed E-state index contributed by atoms with van der Waals surface area (Å²) in [6.45, 7) is 6.03. The van der Waals surface area contributed by atoms with E-state index in [2.05, 4.69) is 14.9 Å². The Morgan fingerprint density at radius 2 is 1.91 bits per heavy atom. The second-order valence-corrected chi connectivity index (χ2v) is 13.0. The van der Waals surface area contributed by atoms with E-state index in [1.54, 1.807) is 25.3 Å². The first-order valence-electron chi connectivity index (χ1n) is 15.8. The van der Waals surface area contributed by atoms with Crippen molar-refractivity contribution in [1.29, 1.82) is 0 Å². The van der Waals surface area contributed by atoms with Crippen molar-refractivity contribution in [2.45, 2.75) is 76.0 Å². The quantitative estimate of drug-likeness (QED) is 0.290. The molecule has 7 rings (SSSR count). The third-order valence-corrected chi connectivity index (χ3v) is 10.0. The number of nitrogens with zero attached hydrogens (tertiary/aromatic N) is 5. The highest BCUT2D eigenvalue weighted by atomic mass is 19.1. The number of aryl methyl sites for hydroxylation is 1. The number of piperidine rings is 1. The number of aromatic nitrogens is 3. The van der Waals surface area contributed by atoms with Gasteiger partial charge in [0.2, 0.25) is 0 Å². The number of benzene rings is 2. The van der Waals surface area contributed by atoms with Crippen LogP contribution in [0.25, 0.3) is 32.9 Å². The number of hydrogen-bond donors (Lipinski definition) is 2. The summed E-state index contributed by atoms with van der Waals surface area (Å²) < 4.78 is 38.0. The summed E-state index contributed by atoms with van der Waals surface area (Å²) in [7, 11) is 0. The topological polar surface area (TPSA) is 94.8 Å². The summed E-state index contributed by atoms with van der Waals surface area (Å²) in [6, 6.07) is 8.83. The maximum Gasteiger partial charge on any atom is 0.319 e. The number of ether oxygens (including phenoxy) is 1. The number of aliphatic hydroxyl groups is 2. The van der Waals surface area contributed by atoms with Gasteiger partial charge < -0.3 is 19.8 Å². The molecule has 232 valence electrons. The SMILES string of the molecule is CCc1c(F)ccc2cccc(-c3ncc4c(N5CCC[C@@](C)(O)C5)nc(OC[C@@]56CCCN5[C@H](CO)CC6)nc4c3F)c12. The van der Waals surface area contributed by atoms with Crippen LogP contribution in [-0.4, -0.2) is 80.1 Å². The lowest BCUT2D eigenvalue weighted by atomic mass is 9.94. The summed E-state index contributed by atoms with van der Waals surface area (Å²) in [4.78, 5) is 18.3. The summed E-state index contributed by atoms with van der Waals surface area (Å²) >= 11 is 0. The zero-order valence-electron chi connectivity index (χ0n) is 25.3. The molecule has 0 saturated carbocycles. The van der Waals surface area contributed by atoms with Gasteiger partial charge in [-0.1, -0.05) is 31.2 Å². The van der Waals surface area contributed by atoms with Gasteiger partial charge in [-0.3, -0.25) is 9.88 Å². The highest BCUT2D eigenvalue weighted by Gasteiger charge is 2.49. The van der Waals surface area contributed by atoms with Crippen molar-refractivity contribution >= 4 is 27.5 Å². The van der Waals surface area contributed by atoms with Gasteiger partial charge in [0, 0.05) is 30.9 Å². The van der Waals surface area contributed by atoms with Gasteiger partial charge in [0.15, 0.2) is 5.82 Å². The van der Waals surface area contributed by atoms with Crippen LogP contribution in [0, 0.1) is 11.6 Å². The molecule has 2 aromatic carbocycles. The van der Waals surface area contributed by atoms with E-state index < -0.39 is 11.4 Å². The molecule has 44 heavy (non-hydrogen) atoms. The van der Waals surface area contributed by atoms with Gasteiger partial charge in [-0.05, 0) is 80.8 Å². The number of fused-ring (bicyclic) bond motifs is 3. The fraction of sp³-hybridized carbons (Fsp3) is 0.500. The van der Waals surface area contributed by atoms with Gasteiger partial charge in [-0.25, -0.2) is 8.78 Å². The fourth-order valence-corrected chi connectivity index (χ4v) is 7.89. The van der Waals surface area contributed by atoms with Crippen molar-refractivity contribution in [1.82, 2.24) is 19.9 Å². The lowest BCUT2D eigenvalue weighted by Crippen LogP contribution is -2.47. The monoisotopic (exact) mass is 603 g/mol. The Labute approximate surface area is 255 Å². The van der Waals surface area contributed by atoms with E-state index in [1.165, 1.54) is 6.07 Å². The molecule has 2 aromatic heterocycles. The fourth-order valence-electron chi connectivity index (χ4n) is 7.89. The summed E-state index contributed by atoms with van der Waals surface area (Å²) in [5.41, 5.74) is 0.0627. The average Bonchev–Trinajstić information content (AvgIpc) is 3.58. The maximum atomic E-state index is 16.7. The zero-order valence-corrected chi connectivity index (χ0v) is 25.3. The van der Waals surface area contributed by atoms with Gasteiger partial charge in [0.25, 0.3) is 0 Å². The van der Waals surface area contributed by atoms with Crippen molar-refractivity contribution in [3.63, 3.8) is 0 Å². The number of hydrogen-bond acceptors (Lipinski definition) is 8. The van der Waals surface area contributed by atoms with E-state index in [9.17, 15) is 14.6 Å². The van der Waals surface area contributed by atoms with E-state index in [4.69, 9.17) is 9.72 Å². The smallest absolute Gasteiger partial charge is 0.319 e. The second kappa shape index (κ2) is 11.2. The molecule has 0 bridgehead atoms. The van der Waals surface area contributed by atoms with Crippen LogP contribution in [0.3, 0.4) is 0 Å². The van der Waals surface area contributed by atoms with Gasteiger partial charge in [0.05, 0.1) is 23.1 Å². The van der Waals surface area contributed by atoms with E-state index in [0.717, 1.165) is 44.0 Å². The Kier molecular flexibility index (Phi) is 7.42. The molecule has 3 atom stereocenters. The predicted octanol–water partition coefficient (Wildman–Crippen LogP) is 5.40. The van der Waals surface area contributed by atoms with Crippen molar-refractivity contribution in [3.05, 3.63) is 53.7 Å². The number of β-amino-alcohol motifs (C(OH)–C–C–N with tert-alkyl or cyclic N) is 1. The molecule has 0 radical (unpaired) electrons. The average molecular weight is 604 g/mol. The highest BCUT2D eigenvalue weighted by Crippen LogP contribution is 2.43. The molecule has 0 aliphatic carbocycles. The summed E-state index contributed by atoms with van der Waals surface area (Å²) in [6.07, 6.45) is 7.25. The Hall–Kier alpha value is -3.47. The van der Waals surface area contributed by atoms with Gasteiger partial charge in [-0.15, -0.1) is 0 Å². The number of halogens is 2. The normalized spacial score (nSPS) is 25.7. The molecule has 3 aliphatic rings. The lowest BCUT2D eigenvalue weighted by molar-refractivity contribution is 0.0446. The molecule has 2 N–H and O–H groups in total. The molecule has 3 saturated heterocycles. The minimum atomic E-state index is -0.918. The van der Waals surface area contributed by atoms with Crippen LogP contribution in [0.15, 0.2) is 36.5 Å². The third-order valence-electron chi connectivity index (χ3n) is 10.0. The maximum absolute atomic E-state index is 16.7. The van der Waals surface area contributed by atoms with E-state index in [0.29, 0.717) is 60.3 Å². The largest absolute Gasteiger partial charge is 0.461 e. The van der Waals surface area contributed by atoms with Crippen molar-refractivity contribution < 1.29 is 23.7 Å². The second-order valence-electron chi connectivity index (χ2n) is 13.0. The summed E-state index contributed by atoms with van der Waals surface area (Å²) in [5.74, 6) is -0.483. The van der Waals surface area contributed by atoms with Crippen LogP contribution in [-0.2, 0) is 6.42 Å². The van der Waals surface area contributed by atoms with Crippen molar-refractivity contribution in [2.24, 2.45) is 0 Å². The third kappa shape index (κ3) is 4.87. The van der Waals surface area contributed by atoms with E-state index in [1.807, 2.05) is 24.0 Å². The number of rotatable bonds is 7. The first kappa shape index (κ1) is 29.3. The van der Waals surface area contributed by atoms with E-state index in [-0.39, 0.29) is 41.2 Å². The number of anilines is 1. The molecule has 0 unspecified atom stereocenters. The van der Waals surface area contributed by atoms with Crippen LogP contribution in [0.4, 0.5) is 14.6 Å². The van der Waals surface area contributed by atoms with Crippen molar-refractivity contribution in [3.8, 4) is 17.3 Å². The van der Waals surface area contributed by atoms with Gasteiger partial charge >= 0.3 is 6.01 Å². The van der Waals surface area contributed by atoms with Crippen LogP contribution in [0.1, 0.15) is 57.9 Å². The molecular formula is C34H39F2N5O3. The minimum absolute atomic E-state index is 0.0700. The molecule has 0 spiro atoms. The summed E-state index contributed by atoms with van der Waals surface area (Å²) in [5, 5.41) is 22.7. The molecule has 4 aromatic rings. The Morgan fingerprint density at radius 3 is 2.70 bits per heavy atom. The molecule has 8 nitrogen and oxygen atoms in total. The first-order valence-corrected chi connectivity index (χ1v) is 15.8. The Balaban J connectivity index is 1.35. The molecule has 5 heterocycles. The van der Waals surface area contributed by atoms with Crippen LogP contribution in [0.5, 0.6) is 6.01 Å². The van der Waals surface area contributed by atoms with Crippen LogP contribution < -0.4 is 9.64 Å². The number of pyridine rings is 1. The lowest BCUT2D eigenvalue weighted by Gasteiger charge is -2.38. The Bertz CT molecular complexity index is 1730.